The fraction of sp³-hybridized carbons (Fsp3) is 0. The largest absolute Gasteiger partial charge is 0.465 e. The number of halogens is 2. The Morgan fingerprint density at radius 1 is 1.13 bits per heavy atom. The fourth-order valence-electron chi connectivity index (χ4n) is 1.95. The third-order valence-corrected chi connectivity index (χ3v) is 4.63. The Balaban J connectivity index is 1.83. The van der Waals surface area contributed by atoms with Gasteiger partial charge in [-0.1, -0.05) is 29.3 Å². The van der Waals surface area contributed by atoms with Crippen LogP contribution in [0.25, 0.3) is 6.08 Å². The molecule has 3 rings (SSSR count). The van der Waals surface area contributed by atoms with Crippen LogP contribution in [0.15, 0.2) is 58.1 Å². The lowest BCUT2D eigenvalue weighted by atomic mass is 10.3. The number of imide groups is 1. The van der Waals surface area contributed by atoms with E-state index in [4.69, 9.17) is 27.6 Å². The van der Waals surface area contributed by atoms with Crippen LogP contribution in [0, 0.1) is 0 Å². The number of rotatable bonds is 3. The Morgan fingerprint density at radius 2 is 1.96 bits per heavy atom. The van der Waals surface area contributed by atoms with E-state index in [0.29, 0.717) is 21.4 Å². The zero-order valence-electron chi connectivity index (χ0n) is 11.5. The number of hydrogen-bond donors (Lipinski definition) is 0. The summed E-state index contributed by atoms with van der Waals surface area (Å²) in [4.78, 5) is 25.9. The SMILES string of the molecule is O=C1S/C(=C\C=C\c2ccco2)C(=O)N1c1ccc(Cl)c(Cl)c1. The van der Waals surface area contributed by atoms with Crippen molar-refractivity contribution in [2.45, 2.75) is 0 Å². The minimum absolute atomic E-state index is 0.282. The molecule has 2 amide bonds. The minimum Gasteiger partial charge on any atom is -0.465 e. The lowest BCUT2D eigenvalue weighted by Crippen LogP contribution is -2.27. The van der Waals surface area contributed by atoms with Gasteiger partial charge in [0.15, 0.2) is 0 Å². The van der Waals surface area contributed by atoms with Crippen LogP contribution in [0.3, 0.4) is 0 Å². The third kappa shape index (κ3) is 3.37. The lowest BCUT2D eigenvalue weighted by Gasteiger charge is -2.12. The maximum atomic E-state index is 12.4. The molecule has 23 heavy (non-hydrogen) atoms. The van der Waals surface area contributed by atoms with Gasteiger partial charge in [-0.2, -0.15) is 0 Å². The second-order valence-corrected chi connectivity index (χ2v) is 6.32. The van der Waals surface area contributed by atoms with Gasteiger partial charge in [-0.25, -0.2) is 4.90 Å². The molecule has 116 valence electrons. The van der Waals surface area contributed by atoms with Crippen molar-refractivity contribution in [3.63, 3.8) is 0 Å². The first kappa shape index (κ1) is 15.9. The molecule has 2 aromatic rings. The van der Waals surface area contributed by atoms with Crippen molar-refractivity contribution in [2.24, 2.45) is 0 Å². The number of amides is 2. The summed E-state index contributed by atoms with van der Waals surface area (Å²) in [6.07, 6.45) is 6.49. The Labute approximate surface area is 146 Å². The topological polar surface area (TPSA) is 50.5 Å². The average molecular weight is 366 g/mol. The highest BCUT2D eigenvalue weighted by Crippen LogP contribution is 2.36. The van der Waals surface area contributed by atoms with Crippen LogP contribution >= 0.6 is 35.0 Å². The number of benzene rings is 1. The van der Waals surface area contributed by atoms with E-state index in [-0.39, 0.29) is 10.3 Å². The third-order valence-electron chi connectivity index (χ3n) is 3.01. The molecule has 7 heteroatoms. The van der Waals surface area contributed by atoms with Crippen molar-refractivity contribution in [1.29, 1.82) is 0 Å². The van der Waals surface area contributed by atoms with Crippen LogP contribution in [0.5, 0.6) is 0 Å². The van der Waals surface area contributed by atoms with Crippen molar-refractivity contribution >= 4 is 57.9 Å². The molecule has 4 nitrogen and oxygen atoms in total. The van der Waals surface area contributed by atoms with E-state index in [0.717, 1.165) is 16.7 Å². The van der Waals surface area contributed by atoms with Gasteiger partial charge in [0.25, 0.3) is 11.1 Å². The van der Waals surface area contributed by atoms with Gasteiger partial charge in [-0.15, -0.1) is 0 Å². The number of furan rings is 1. The predicted molar refractivity (Wildman–Crippen MR) is 92.8 cm³/mol. The van der Waals surface area contributed by atoms with Crippen molar-refractivity contribution in [3.8, 4) is 0 Å². The van der Waals surface area contributed by atoms with E-state index >= 15 is 0 Å². The molecule has 1 aromatic heterocycles. The van der Waals surface area contributed by atoms with E-state index in [1.54, 1.807) is 48.8 Å². The average Bonchev–Trinajstić information content (AvgIpc) is 3.12. The van der Waals surface area contributed by atoms with Gasteiger partial charge in [-0.05, 0) is 54.2 Å². The first-order valence-electron chi connectivity index (χ1n) is 6.49. The Morgan fingerprint density at radius 3 is 2.65 bits per heavy atom. The molecule has 0 N–H and O–H groups in total. The van der Waals surface area contributed by atoms with Gasteiger partial charge >= 0.3 is 0 Å². The normalized spacial score (nSPS) is 17.0. The van der Waals surface area contributed by atoms with E-state index in [1.807, 2.05) is 0 Å². The molecule has 1 aromatic carbocycles. The van der Waals surface area contributed by atoms with Crippen LogP contribution in [0.2, 0.25) is 10.0 Å². The molecule has 0 saturated carbocycles. The number of allylic oxidation sites excluding steroid dienone is 2. The van der Waals surface area contributed by atoms with Crippen LogP contribution in [-0.4, -0.2) is 11.1 Å². The van der Waals surface area contributed by atoms with E-state index in [2.05, 4.69) is 0 Å². The van der Waals surface area contributed by atoms with Crippen molar-refractivity contribution in [3.05, 3.63) is 69.5 Å². The maximum absolute atomic E-state index is 12.4. The molecule has 1 aliphatic heterocycles. The zero-order valence-corrected chi connectivity index (χ0v) is 13.9. The number of thioether (sulfide) groups is 1. The first-order chi connectivity index (χ1) is 11.1. The van der Waals surface area contributed by atoms with Gasteiger partial charge < -0.3 is 4.42 Å². The molecule has 0 spiro atoms. The molecule has 1 saturated heterocycles. The first-order valence-corrected chi connectivity index (χ1v) is 8.06. The van der Waals surface area contributed by atoms with Gasteiger partial charge in [-0.3, -0.25) is 9.59 Å². The second kappa shape index (κ2) is 6.66. The second-order valence-electron chi connectivity index (χ2n) is 4.51. The smallest absolute Gasteiger partial charge is 0.298 e. The Hall–Kier alpha value is -1.95. The summed E-state index contributed by atoms with van der Waals surface area (Å²) in [6.45, 7) is 0. The Kier molecular flexibility index (Phi) is 4.61. The number of carbonyl (C=O) groups is 2. The Bertz CT molecular complexity index is 828. The van der Waals surface area contributed by atoms with Crippen molar-refractivity contribution < 1.29 is 14.0 Å². The molecule has 0 atom stereocenters. The van der Waals surface area contributed by atoms with Gasteiger partial charge in [0, 0.05) is 0 Å². The molecule has 0 bridgehead atoms. The number of anilines is 1. The van der Waals surface area contributed by atoms with Gasteiger partial charge in [0.05, 0.1) is 26.9 Å². The molecular formula is C16H9Cl2NO3S. The summed E-state index contributed by atoms with van der Waals surface area (Å²) in [5, 5.41) is 0.260. The molecular weight excluding hydrogens is 357 g/mol. The minimum atomic E-state index is -0.400. The molecule has 0 radical (unpaired) electrons. The summed E-state index contributed by atoms with van der Waals surface area (Å²) in [5.74, 6) is 0.257. The lowest BCUT2D eigenvalue weighted by molar-refractivity contribution is -0.113. The maximum Gasteiger partial charge on any atom is 0.298 e. The van der Waals surface area contributed by atoms with Crippen LogP contribution in [0.4, 0.5) is 10.5 Å². The standard InChI is InChI=1S/C16H9Cl2NO3S/c17-12-7-6-10(9-13(12)18)19-15(20)14(23-16(19)21)5-1-3-11-4-2-8-22-11/h1-9H/b3-1+,14-5-. The summed E-state index contributed by atoms with van der Waals surface area (Å²) in [7, 11) is 0. The summed E-state index contributed by atoms with van der Waals surface area (Å²) < 4.78 is 5.15. The van der Waals surface area contributed by atoms with Gasteiger partial charge in [0.1, 0.15) is 5.76 Å². The van der Waals surface area contributed by atoms with Crippen LogP contribution in [0.1, 0.15) is 5.76 Å². The molecule has 2 heterocycles. The summed E-state index contributed by atoms with van der Waals surface area (Å²) in [6, 6.07) is 8.15. The van der Waals surface area contributed by atoms with Crippen LogP contribution < -0.4 is 4.90 Å². The highest BCUT2D eigenvalue weighted by atomic mass is 35.5. The highest BCUT2D eigenvalue weighted by Gasteiger charge is 2.36. The summed E-state index contributed by atoms with van der Waals surface area (Å²) in [5.41, 5.74) is 0.389. The van der Waals surface area contributed by atoms with Gasteiger partial charge in [0.2, 0.25) is 0 Å². The van der Waals surface area contributed by atoms with Crippen LogP contribution in [-0.2, 0) is 4.79 Å². The molecule has 1 aliphatic rings. The number of nitrogens with zero attached hydrogens (tertiary/aromatic N) is 1. The monoisotopic (exact) mass is 365 g/mol. The fourth-order valence-corrected chi connectivity index (χ4v) is 3.03. The number of carbonyl (C=O) groups excluding carboxylic acids is 2. The quantitative estimate of drug-likeness (QED) is 0.684. The van der Waals surface area contributed by atoms with Crippen molar-refractivity contribution in [2.75, 3.05) is 4.90 Å². The molecule has 0 unspecified atom stereocenters. The number of hydrogen-bond acceptors (Lipinski definition) is 4. The summed E-state index contributed by atoms with van der Waals surface area (Å²) >= 11 is 12.7. The highest BCUT2D eigenvalue weighted by molar-refractivity contribution is 8.18. The zero-order chi connectivity index (χ0) is 16.4. The predicted octanol–water partition coefficient (Wildman–Crippen LogP) is 5.38. The van der Waals surface area contributed by atoms with Crippen molar-refractivity contribution in [1.82, 2.24) is 0 Å². The van der Waals surface area contributed by atoms with E-state index in [1.165, 1.54) is 6.07 Å². The molecule has 0 aliphatic carbocycles. The molecule has 1 fully saturated rings. The van der Waals surface area contributed by atoms with E-state index in [9.17, 15) is 9.59 Å². The van der Waals surface area contributed by atoms with E-state index < -0.39 is 5.91 Å².